The Morgan fingerprint density at radius 1 is 0.947 bits per heavy atom. The fourth-order valence-electron chi connectivity index (χ4n) is 2.70. The van der Waals surface area contributed by atoms with E-state index in [0.717, 1.165) is 28.6 Å². The minimum atomic E-state index is 0.438. The van der Waals surface area contributed by atoms with Crippen LogP contribution < -0.4 is 5.32 Å². The highest BCUT2D eigenvalue weighted by atomic mass is 35.5. The van der Waals surface area contributed by atoms with Gasteiger partial charge in [-0.05, 0) is 66.8 Å². The molecule has 1 N–H and O–H groups in total. The van der Waals surface area contributed by atoms with Gasteiger partial charge in [0.05, 0.1) is 0 Å². The first-order valence-corrected chi connectivity index (χ1v) is 7.17. The Kier molecular flexibility index (Phi) is 3.42. The number of nitrogens with one attached hydrogen (secondary N) is 1. The molecular weight excluding hydrogens is 277 g/mol. The summed E-state index contributed by atoms with van der Waals surface area (Å²) in [6.07, 6.45) is 2.08. The summed E-state index contributed by atoms with van der Waals surface area (Å²) >= 11 is 12.0. The molecule has 98 valence electrons. The molecule has 1 aliphatic rings. The monoisotopic (exact) mass is 291 g/mol. The van der Waals surface area contributed by atoms with E-state index >= 15 is 0 Å². The van der Waals surface area contributed by atoms with Gasteiger partial charge in [0.25, 0.3) is 0 Å². The molecule has 2 aromatic carbocycles. The lowest BCUT2D eigenvalue weighted by molar-refractivity contribution is 0.773. The largest absolute Gasteiger partial charge is 0.381 e. The normalized spacial score (nSPS) is 17.3. The average molecular weight is 292 g/mol. The van der Waals surface area contributed by atoms with Crippen LogP contribution in [0.1, 0.15) is 16.7 Å². The third-order valence-corrected chi connectivity index (χ3v) is 4.12. The molecule has 2 aromatic rings. The van der Waals surface area contributed by atoms with E-state index in [1.54, 1.807) is 0 Å². The minimum Gasteiger partial charge on any atom is -0.381 e. The number of hydrogen-bond acceptors (Lipinski definition) is 1. The molecule has 3 heteroatoms. The summed E-state index contributed by atoms with van der Waals surface area (Å²) < 4.78 is 0. The molecular formula is C16H15Cl2N. The van der Waals surface area contributed by atoms with E-state index in [1.165, 1.54) is 16.7 Å². The van der Waals surface area contributed by atoms with Crippen molar-refractivity contribution in [1.82, 2.24) is 0 Å². The first-order chi connectivity index (χ1) is 9.11. The second-order valence-electron chi connectivity index (χ2n) is 5.12. The fourth-order valence-corrected chi connectivity index (χ4v) is 3.12. The Labute approximate surface area is 123 Å². The maximum atomic E-state index is 6.04. The van der Waals surface area contributed by atoms with Crippen LogP contribution in [0.4, 0.5) is 5.69 Å². The van der Waals surface area contributed by atoms with E-state index < -0.39 is 0 Å². The smallest absolute Gasteiger partial charge is 0.0410 e. The molecule has 19 heavy (non-hydrogen) atoms. The van der Waals surface area contributed by atoms with Crippen molar-refractivity contribution in [2.24, 2.45) is 0 Å². The Bertz CT molecular complexity index is 622. The van der Waals surface area contributed by atoms with Gasteiger partial charge in [-0.1, -0.05) is 29.3 Å². The molecule has 3 rings (SSSR count). The van der Waals surface area contributed by atoms with Crippen LogP contribution in [0.25, 0.3) is 0 Å². The Morgan fingerprint density at radius 3 is 2.42 bits per heavy atom. The van der Waals surface area contributed by atoms with Gasteiger partial charge in [-0.15, -0.1) is 0 Å². The third kappa shape index (κ3) is 2.72. The van der Waals surface area contributed by atoms with Crippen LogP contribution >= 0.6 is 23.2 Å². The summed E-state index contributed by atoms with van der Waals surface area (Å²) in [7, 11) is 0. The predicted molar refractivity (Wildman–Crippen MR) is 82.5 cm³/mol. The highest BCUT2D eigenvalue weighted by molar-refractivity contribution is 6.31. The molecule has 1 aliphatic carbocycles. The summed E-state index contributed by atoms with van der Waals surface area (Å²) in [5.41, 5.74) is 5.10. The van der Waals surface area contributed by atoms with Gasteiger partial charge < -0.3 is 5.32 Å². The number of hydrogen-bond donors (Lipinski definition) is 1. The van der Waals surface area contributed by atoms with E-state index in [9.17, 15) is 0 Å². The SMILES string of the molecule is Cc1cc(Cl)ccc1NC1Cc2ccc(Cl)cc2C1. The number of halogens is 2. The van der Waals surface area contributed by atoms with Crippen molar-refractivity contribution in [3.63, 3.8) is 0 Å². The number of aryl methyl sites for hydroxylation is 1. The molecule has 0 aromatic heterocycles. The predicted octanol–water partition coefficient (Wildman–Crippen LogP) is 4.88. The lowest BCUT2D eigenvalue weighted by atomic mass is 10.1. The summed E-state index contributed by atoms with van der Waals surface area (Å²) in [5.74, 6) is 0. The van der Waals surface area contributed by atoms with Gasteiger partial charge in [-0.2, -0.15) is 0 Å². The van der Waals surface area contributed by atoms with E-state index in [2.05, 4.69) is 24.4 Å². The summed E-state index contributed by atoms with van der Waals surface area (Å²) in [5, 5.41) is 5.20. The molecule has 0 aliphatic heterocycles. The van der Waals surface area contributed by atoms with Gasteiger partial charge in [0.2, 0.25) is 0 Å². The molecule has 0 amide bonds. The Hall–Kier alpha value is -1.18. The quantitative estimate of drug-likeness (QED) is 0.831. The molecule has 1 nitrogen and oxygen atoms in total. The van der Waals surface area contributed by atoms with E-state index in [4.69, 9.17) is 23.2 Å². The maximum absolute atomic E-state index is 6.04. The second kappa shape index (κ2) is 5.07. The highest BCUT2D eigenvalue weighted by Gasteiger charge is 2.21. The van der Waals surface area contributed by atoms with E-state index in [-0.39, 0.29) is 0 Å². The summed E-state index contributed by atoms with van der Waals surface area (Å²) in [4.78, 5) is 0. The number of rotatable bonds is 2. The fraction of sp³-hybridized carbons (Fsp3) is 0.250. The molecule has 0 spiro atoms. The van der Waals surface area contributed by atoms with E-state index in [0.29, 0.717) is 6.04 Å². The van der Waals surface area contributed by atoms with Crippen LogP contribution in [0.2, 0.25) is 10.0 Å². The second-order valence-corrected chi connectivity index (χ2v) is 5.99. The summed E-state index contributed by atoms with van der Waals surface area (Å²) in [6.45, 7) is 2.08. The molecule has 1 atom stereocenters. The average Bonchev–Trinajstić information content (AvgIpc) is 2.74. The molecule has 0 heterocycles. The van der Waals surface area contributed by atoms with Crippen molar-refractivity contribution in [2.45, 2.75) is 25.8 Å². The van der Waals surface area contributed by atoms with Crippen LogP contribution in [0.5, 0.6) is 0 Å². The minimum absolute atomic E-state index is 0.438. The van der Waals surface area contributed by atoms with Crippen LogP contribution in [0.15, 0.2) is 36.4 Å². The Morgan fingerprint density at radius 2 is 1.63 bits per heavy atom. The number of fused-ring (bicyclic) bond motifs is 1. The van der Waals surface area contributed by atoms with Crippen molar-refractivity contribution < 1.29 is 0 Å². The van der Waals surface area contributed by atoms with Gasteiger partial charge in [0.1, 0.15) is 0 Å². The van der Waals surface area contributed by atoms with Crippen LogP contribution in [-0.4, -0.2) is 6.04 Å². The zero-order valence-corrected chi connectivity index (χ0v) is 12.2. The highest BCUT2D eigenvalue weighted by Crippen LogP contribution is 2.28. The topological polar surface area (TPSA) is 12.0 Å². The van der Waals surface area contributed by atoms with Crippen LogP contribution in [0, 0.1) is 6.92 Å². The van der Waals surface area contributed by atoms with Crippen molar-refractivity contribution in [2.75, 3.05) is 5.32 Å². The van der Waals surface area contributed by atoms with Crippen LogP contribution in [-0.2, 0) is 12.8 Å². The molecule has 0 saturated carbocycles. The maximum Gasteiger partial charge on any atom is 0.0410 e. The number of benzene rings is 2. The summed E-state index contributed by atoms with van der Waals surface area (Å²) in [6, 6.07) is 12.6. The molecule has 0 bridgehead atoms. The van der Waals surface area contributed by atoms with Crippen LogP contribution in [0.3, 0.4) is 0 Å². The Balaban J connectivity index is 1.77. The molecule has 0 fully saturated rings. The van der Waals surface area contributed by atoms with Gasteiger partial charge >= 0.3 is 0 Å². The van der Waals surface area contributed by atoms with Crippen molar-refractivity contribution in [1.29, 1.82) is 0 Å². The molecule has 0 radical (unpaired) electrons. The van der Waals surface area contributed by atoms with Gasteiger partial charge in [0, 0.05) is 21.8 Å². The van der Waals surface area contributed by atoms with Crippen molar-refractivity contribution in [3.05, 3.63) is 63.1 Å². The lowest BCUT2D eigenvalue weighted by Gasteiger charge is -2.15. The zero-order valence-electron chi connectivity index (χ0n) is 10.7. The lowest BCUT2D eigenvalue weighted by Crippen LogP contribution is -2.19. The zero-order chi connectivity index (χ0) is 13.4. The van der Waals surface area contributed by atoms with Gasteiger partial charge in [0.15, 0.2) is 0 Å². The first kappa shape index (κ1) is 12.8. The third-order valence-electron chi connectivity index (χ3n) is 3.65. The van der Waals surface area contributed by atoms with Crippen molar-refractivity contribution >= 4 is 28.9 Å². The standard InChI is InChI=1S/C16H15Cl2N/c1-10-6-13(17)4-5-16(10)19-15-8-11-2-3-14(18)7-12(11)9-15/h2-7,15,19H,8-9H2,1H3. The van der Waals surface area contributed by atoms with Gasteiger partial charge in [-0.25, -0.2) is 0 Å². The molecule has 0 saturated heterocycles. The molecule has 1 unspecified atom stereocenters. The van der Waals surface area contributed by atoms with Gasteiger partial charge in [-0.3, -0.25) is 0 Å². The van der Waals surface area contributed by atoms with Crippen molar-refractivity contribution in [3.8, 4) is 0 Å². The number of anilines is 1. The van der Waals surface area contributed by atoms with E-state index in [1.807, 2.05) is 24.3 Å². The first-order valence-electron chi connectivity index (χ1n) is 6.42.